The van der Waals surface area contributed by atoms with E-state index in [0.29, 0.717) is 18.4 Å². The molecule has 0 bridgehead atoms. The Bertz CT molecular complexity index is 333. The number of hydrogen-bond donors (Lipinski definition) is 1. The van der Waals surface area contributed by atoms with Crippen molar-refractivity contribution in [2.45, 2.75) is 26.7 Å². The SMILES string of the molecule is CC(C)CN1CCC(CNS(=O)(=O)N(C)C)CC1. The number of rotatable bonds is 6. The van der Waals surface area contributed by atoms with Crippen molar-refractivity contribution >= 4 is 10.2 Å². The lowest BCUT2D eigenvalue weighted by molar-refractivity contribution is 0.169. The average molecular weight is 277 g/mol. The van der Waals surface area contributed by atoms with E-state index in [-0.39, 0.29) is 0 Å². The van der Waals surface area contributed by atoms with E-state index in [4.69, 9.17) is 0 Å². The second kappa shape index (κ2) is 6.84. The predicted molar refractivity (Wildman–Crippen MR) is 74.6 cm³/mol. The fraction of sp³-hybridized carbons (Fsp3) is 1.00. The van der Waals surface area contributed by atoms with Crippen LogP contribution in [0.15, 0.2) is 0 Å². The highest BCUT2D eigenvalue weighted by atomic mass is 32.2. The fourth-order valence-corrected chi connectivity index (χ4v) is 2.95. The van der Waals surface area contributed by atoms with Gasteiger partial charge in [-0.1, -0.05) is 13.8 Å². The van der Waals surface area contributed by atoms with Gasteiger partial charge >= 0.3 is 0 Å². The van der Waals surface area contributed by atoms with Crippen LogP contribution in [0.1, 0.15) is 26.7 Å². The van der Waals surface area contributed by atoms with Gasteiger partial charge in [-0.25, -0.2) is 4.72 Å². The minimum absolute atomic E-state index is 0.475. The second-order valence-electron chi connectivity index (χ2n) is 5.77. The average Bonchev–Trinajstić information content (AvgIpc) is 2.27. The van der Waals surface area contributed by atoms with E-state index < -0.39 is 10.2 Å². The third kappa shape index (κ3) is 5.22. The zero-order valence-corrected chi connectivity index (χ0v) is 12.8. The van der Waals surface area contributed by atoms with E-state index in [1.165, 1.54) is 4.31 Å². The van der Waals surface area contributed by atoms with Crippen molar-refractivity contribution in [1.82, 2.24) is 13.9 Å². The molecular weight excluding hydrogens is 250 g/mol. The number of nitrogens with zero attached hydrogens (tertiary/aromatic N) is 2. The molecule has 108 valence electrons. The van der Waals surface area contributed by atoms with Gasteiger partial charge in [-0.05, 0) is 37.8 Å². The van der Waals surface area contributed by atoms with E-state index in [1.807, 2.05) is 0 Å². The first-order valence-electron chi connectivity index (χ1n) is 6.70. The number of likely N-dealkylation sites (tertiary alicyclic amines) is 1. The molecule has 0 atom stereocenters. The maximum absolute atomic E-state index is 11.6. The van der Waals surface area contributed by atoms with Crippen LogP contribution >= 0.6 is 0 Å². The Labute approximate surface area is 112 Å². The van der Waals surface area contributed by atoms with Gasteiger partial charge in [0.25, 0.3) is 10.2 Å². The third-order valence-corrected chi connectivity index (χ3v) is 4.86. The Morgan fingerprint density at radius 3 is 2.28 bits per heavy atom. The molecule has 18 heavy (non-hydrogen) atoms. The molecule has 0 amide bonds. The maximum atomic E-state index is 11.6. The highest BCUT2D eigenvalue weighted by Crippen LogP contribution is 2.17. The van der Waals surface area contributed by atoms with E-state index in [2.05, 4.69) is 23.5 Å². The molecule has 6 heteroatoms. The van der Waals surface area contributed by atoms with Gasteiger partial charge in [0.1, 0.15) is 0 Å². The summed E-state index contributed by atoms with van der Waals surface area (Å²) >= 11 is 0. The van der Waals surface area contributed by atoms with Crippen LogP contribution in [-0.2, 0) is 10.2 Å². The molecule has 0 radical (unpaired) electrons. The molecule has 1 saturated heterocycles. The number of hydrogen-bond acceptors (Lipinski definition) is 3. The molecular formula is C12H27N3O2S. The van der Waals surface area contributed by atoms with Gasteiger partial charge in [-0.2, -0.15) is 12.7 Å². The first-order chi connectivity index (χ1) is 8.31. The lowest BCUT2D eigenvalue weighted by Crippen LogP contribution is -2.42. The zero-order valence-electron chi connectivity index (χ0n) is 12.0. The lowest BCUT2D eigenvalue weighted by atomic mass is 9.96. The van der Waals surface area contributed by atoms with E-state index in [1.54, 1.807) is 14.1 Å². The predicted octanol–water partition coefficient (Wildman–Crippen LogP) is 0.750. The van der Waals surface area contributed by atoms with Crippen molar-refractivity contribution in [3.05, 3.63) is 0 Å². The first-order valence-corrected chi connectivity index (χ1v) is 8.14. The fourth-order valence-electron chi connectivity index (χ4n) is 2.24. The van der Waals surface area contributed by atoms with Crippen LogP contribution in [-0.4, -0.2) is 57.9 Å². The minimum atomic E-state index is -3.26. The summed E-state index contributed by atoms with van der Waals surface area (Å²) in [6.07, 6.45) is 2.17. The van der Waals surface area contributed by atoms with Crippen molar-refractivity contribution in [2.24, 2.45) is 11.8 Å². The summed E-state index contributed by atoms with van der Waals surface area (Å²) in [7, 11) is -0.162. The second-order valence-corrected chi connectivity index (χ2v) is 7.74. The molecule has 1 N–H and O–H groups in total. The zero-order chi connectivity index (χ0) is 13.8. The van der Waals surface area contributed by atoms with Gasteiger partial charge in [0.2, 0.25) is 0 Å². The summed E-state index contributed by atoms with van der Waals surface area (Å²) in [5, 5.41) is 0. The maximum Gasteiger partial charge on any atom is 0.278 e. The molecule has 0 aromatic rings. The van der Waals surface area contributed by atoms with Crippen molar-refractivity contribution in [2.75, 3.05) is 40.3 Å². The van der Waals surface area contributed by atoms with Crippen LogP contribution in [0, 0.1) is 11.8 Å². The standard InChI is InChI=1S/C12H27N3O2S/c1-11(2)10-15-7-5-12(6-8-15)9-13-18(16,17)14(3)4/h11-13H,5-10H2,1-4H3. The summed E-state index contributed by atoms with van der Waals surface area (Å²) in [5.41, 5.74) is 0. The monoisotopic (exact) mass is 277 g/mol. The quantitative estimate of drug-likeness (QED) is 0.779. The molecule has 0 saturated carbocycles. The minimum Gasteiger partial charge on any atom is -0.303 e. The van der Waals surface area contributed by atoms with E-state index in [9.17, 15) is 8.42 Å². The molecule has 5 nitrogen and oxygen atoms in total. The Morgan fingerprint density at radius 1 is 1.28 bits per heavy atom. The van der Waals surface area contributed by atoms with Gasteiger partial charge in [-0.3, -0.25) is 0 Å². The van der Waals surface area contributed by atoms with Crippen molar-refractivity contribution in [3.63, 3.8) is 0 Å². The Balaban J connectivity index is 2.28. The van der Waals surface area contributed by atoms with Gasteiger partial charge in [-0.15, -0.1) is 0 Å². The van der Waals surface area contributed by atoms with Gasteiger partial charge in [0.05, 0.1) is 0 Å². The molecule has 0 spiro atoms. The largest absolute Gasteiger partial charge is 0.303 e. The summed E-state index contributed by atoms with van der Waals surface area (Å²) < 4.78 is 27.1. The third-order valence-electron chi connectivity index (χ3n) is 3.37. The smallest absolute Gasteiger partial charge is 0.278 e. The summed E-state index contributed by atoms with van der Waals surface area (Å²) in [5.74, 6) is 1.18. The van der Waals surface area contributed by atoms with Gasteiger partial charge in [0.15, 0.2) is 0 Å². The van der Waals surface area contributed by atoms with Crippen LogP contribution in [0.3, 0.4) is 0 Å². The molecule has 1 aliphatic rings. The van der Waals surface area contributed by atoms with Crippen LogP contribution in [0.4, 0.5) is 0 Å². The van der Waals surface area contributed by atoms with E-state index in [0.717, 1.165) is 32.5 Å². The Morgan fingerprint density at radius 2 is 1.83 bits per heavy atom. The van der Waals surface area contributed by atoms with Gasteiger partial charge in [0, 0.05) is 27.2 Å². The molecule has 0 aliphatic carbocycles. The summed E-state index contributed by atoms with van der Waals surface area (Å²) in [4.78, 5) is 2.47. The molecule has 1 rings (SSSR count). The van der Waals surface area contributed by atoms with Crippen molar-refractivity contribution < 1.29 is 8.42 Å². The topological polar surface area (TPSA) is 52.7 Å². The van der Waals surface area contributed by atoms with Crippen LogP contribution < -0.4 is 4.72 Å². The van der Waals surface area contributed by atoms with Crippen LogP contribution in [0.5, 0.6) is 0 Å². The molecule has 1 fully saturated rings. The van der Waals surface area contributed by atoms with Crippen LogP contribution in [0.2, 0.25) is 0 Å². The van der Waals surface area contributed by atoms with Crippen LogP contribution in [0.25, 0.3) is 0 Å². The Kier molecular flexibility index (Phi) is 6.04. The van der Waals surface area contributed by atoms with Crippen molar-refractivity contribution in [1.29, 1.82) is 0 Å². The molecule has 1 heterocycles. The molecule has 1 aliphatic heterocycles. The summed E-state index contributed by atoms with van der Waals surface area (Å²) in [6.45, 7) is 8.36. The lowest BCUT2D eigenvalue weighted by Gasteiger charge is -2.33. The van der Waals surface area contributed by atoms with E-state index >= 15 is 0 Å². The normalized spacial score (nSPS) is 19.9. The van der Waals surface area contributed by atoms with Gasteiger partial charge < -0.3 is 4.90 Å². The highest BCUT2D eigenvalue weighted by Gasteiger charge is 2.21. The highest BCUT2D eigenvalue weighted by molar-refractivity contribution is 7.87. The molecule has 0 unspecified atom stereocenters. The van der Waals surface area contributed by atoms with Crippen molar-refractivity contribution in [3.8, 4) is 0 Å². The number of nitrogens with one attached hydrogen (secondary N) is 1. The Hall–Kier alpha value is -0.170. The summed E-state index contributed by atoms with van der Waals surface area (Å²) in [6, 6.07) is 0. The number of piperidine rings is 1. The molecule has 0 aromatic heterocycles. The molecule has 0 aromatic carbocycles. The first kappa shape index (κ1) is 15.9.